The monoisotopic (exact) mass is 308 g/mol. The summed E-state index contributed by atoms with van der Waals surface area (Å²) < 4.78 is 13.5. The van der Waals surface area contributed by atoms with E-state index >= 15 is 0 Å². The highest BCUT2D eigenvalue weighted by molar-refractivity contribution is 8.00. The highest BCUT2D eigenvalue weighted by Gasteiger charge is 2.09. The summed E-state index contributed by atoms with van der Waals surface area (Å²) in [6.45, 7) is 2.01. The second-order valence-corrected chi connectivity index (χ2v) is 6.04. The van der Waals surface area contributed by atoms with Crippen molar-refractivity contribution in [2.45, 2.75) is 18.2 Å². The first-order valence-corrected chi connectivity index (χ1v) is 7.56. The van der Waals surface area contributed by atoms with E-state index in [-0.39, 0.29) is 18.0 Å². The lowest BCUT2D eigenvalue weighted by Crippen LogP contribution is -2.07. The Morgan fingerprint density at radius 2 is 2.05 bits per heavy atom. The number of ketones is 1. The van der Waals surface area contributed by atoms with Crippen LogP contribution in [0.2, 0.25) is 5.02 Å². The molecule has 0 aliphatic carbocycles. The molecule has 20 heavy (non-hydrogen) atoms. The Morgan fingerprint density at radius 1 is 1.25 bits per heavy atom. The van der Waals surface area contributed by atoms with E-state index in [1.807, 2.05) is 31.2 Å². The Bertz CT molecular complexity index is 628. The summed E-state index contributed by atoms with van der Waals surface area (Å²) in [5, 5.41) is 0.445. The van der Waals surface area contributed by atoms with Crippen molar-refractivity contribution < 1.29 is 9.18 Å². The second kappa shape index (κ2) is 6.91. The van der Waals surface area contributed by atoms with Crippen molar-refractivity contribution in [1.82, 2.24) is 0 Å². The average molecular weight is 309 g/mol. The number of carbonyl (C=O) groups is 1. The number of Topliss-reactive ketones (excluding diaryl/α,β-unsaturated/α-hetero) is 1. The predicted octanol–water partition coefficient (Wildman–Crippen LogP) is 4.69. The topological polar surface area (TPSA) is 17.1 Å². The molecule has 0 amide bonds. The maximum Gasteiger partial charge on any atom is 0.147 e. The van der Waals surface area contributed by atoms with Crippen molar-refractivity contribution >= 4 is 29.1 Å². The van der Waals surface area contributed by atoms with Gasteiger partial charge in [-0.15, -0.1) is 11.8 Å². The van der Waals surface area contributed by atoms with Crippen LogP contribution < -0.4 is 0 Å². The van der Waals surface area contributed by atoms with Crippen LogP contribution >= 0.6 is 23.4 Å². The van der Waals surface area contributed by atoms with Gasteiger partial charge >= 0.3 is 0 Å². The minimum atomic E-state index is -0.386. The number of hydrogen-bond acceptors (Lipinski definition) is 2. The molecule has 0 radical (unpaired) electrons. The van der Waals surface area contributed by atoms with E-state index in [1.165, 1.54) is 30.0 Å². The fraction of sp³-hybridized carbons (Fsp3) is 0.188. The third-order valence-electron chi connectivity index (χ3n) is 2.78. The fourth-order valence-electron chi connectivity index (χ4n) is 1.81. The van der Waals surface area contributed by atoms with Gasteiger partial charge in [-0.05, 0) is 42.8 Å². The fourth-order valence-corrected chi connectivity index (χ4v) is 2.88. The lowest BCUT2D eigenvalue weighted by atomic mass is 10.1. The van der Waals surface area contributed by atoms with Crippen molar-refractivity contribution in [3.8, 4) is 0 Å². The lowest BCUT2D eigenvalue weighted by molar-refractivity contribution is -0.116. The van der Waals surface area contributed by atoms with Crippen LogP contribution in [0, 0.1) is 12.7 Å². The van der Waals surface area contributed by atoms with Crippen LogP contribution in [-0.2, 0) is 11.2 Å². The van der Waals surface area contributed by atoms with Crippen LogP contribution in [0.1, 0.15) is 11.1 Å². The first-order chi connectivity index (χ1) is 9.54. The molecule has 0 heterocycles. The molecular formula is C16H14ClFOS. The van der Waals surface area contributed by atoms with Crippen LogP contribution in [0.25, 0.3) is 0 Å². The Morgan fingerprint density at radius 3 is 2.80 bits per heavy atom. The standard InChI is InChI=1S/C16H14ClFOS/c1-11-3-2-4-15(7-11)20-10-14(19)9-12-8-13(17)5-6-16(12)18/h2-8H,9-10H2,1H3. The van der Waals surface area contributed by atoms with Crippen LogP contribution in [-0.4, -0.2) is 11.5 Å². The number of thioether (sulfide) groups is 1. The van der Waals surface area contributed by atoms with Crippen molar-refractivity contribution in [3.63, 3.8) is 0 Å². The van der Waals surface area contributed by atoms with Crippen LogP contribution in [0.5, 0.6) is 0 Å². The van der Waals surface area contributed by atoms with E-state index in [0.29, 0.717) is 16.3 Å². The summed E-state index contributed by atoms with van der Waals surface area (Å²) in [4.78, 5) is 12.9. The lowest BCUT2D eigenvalue weighted by Gasteiger charge is -2.04. The molecular weight excluding hydrogens is 295 g/mol. The van der Waals surface area contributed by atoms with E-state index in [1.54, 1.807) is 0 Å². The van der Waals surface area contributed by atoms with Crippen LogP contribution in [0.15, 0.2) is 47.4 Å². The summed E-state index contributed by atoms with van der Waals surface area (Å²) in [5.74, 6) is -0.0731. The Kier molecular flexibility index (Phi) is 5.21. The van der Waals surface area contributed by atoms with Gasteiger partial charge in [-0.3, -0.25) is 4.79 Å². The van der Waals surface area contributed by atoms with Crippen molar-refractivity contribution in [2.24, 2.45) is 0 Å². The van der Waals surface area contributed by atoms with Gasteiger partial charge in [0.25, 0.3) is 0 Å². The highest BCUT2D eigenvalue weighted by Crippen LogP contribution is 2.20. The Balaban J connectivity index is 1.94. The zero-order valence-electron chi connectivity index (χ0n) is 11.0. The maximum absolute atomic E-state index is 13.5. The number of benzene rings is 2. The van der Waals surface area contributed by atoms with Gasteiger partial charge in [0.2, 0.25) is 0 Å². The molecule has 2 rings (SSSR count). The average Bonchev–Trinajstić information content (AvgIpc) is 2.41. The quantitative estimate of drug-likeness (QED) is 0.745. The third kappa shape index (κ3) is 4.36. The zero-order chi connectivity index (χ0) is 14.5. The number of rotatable bonds is 5. The molecule has 2 aromatic carbocycles. The molecule has 4 heteroatoms. The van der Waals surface area contributed by atoms with Gasteiger partial charge in [0.05, 0.1) is 5.75 Å². The summed E-state index contributed by atoms with van der Waals surface area (Å²) in [6.07, 6.45) is 0.0746. The molecule has 2 aromatic rings. The molecule has 0 N–H and O–H groups in total. The predicted molar refractivity (Wildman–Crippen MR) is 82.0 cm³/mol. The highest BCUT2D eigenvalue weighted by atomic mass is 35.5. The molecule has 0 unspecified atom stereocenters. The molecule has 0 aromatic heterocycles. The van der Waals surface area contributed by atoms with E-state index in [4.69, 9.17) is 11.6 Å². The number of aryl methyl sites for hydroxylation is 1. The summed E-state index contributed by atoms with van der Waals surface area (Å²) in [6, 6.07) is 12.2. The molecule has 1 nitrogen and oxygen atoms in total. The molecule has 0 atom stereocenters. The van der Waals surface area contributed by atoms with Gasteiger partial charge in [0.15, 0.2) is 0 Å². The number of hydrogen-bond donors (Lipinski definition) is 0. The number of carbonyl (C=O) groups excluding carboxylic acids is 1. The molecule has 0 saturated heterocycles. The smallest absolute Gasteiger partial charge is 0.147 e. The van der Waals surface area contributed by atoms with Gasteiger partial charge in [-0.25, -0.2) is 4.39 Å². The van der Waals surface area contributed by atoms with Gasteiger partial charge < -0.3 is 0 Å². The third-order valence-corrected chi connectivity index (χ3v) is 4.07. The van der Waals surface area contributed by atoms with E-state index in [9.17, 15) is 9.18 Å². The molecule has 104 valence electrons. The van der Waals surface area contributed by atoms with Crippen LogP contribution in [0.3, 0.4) is 0 Å². The molecule has 0 aliphatic heterocycles. The molecule has 0 spiro atoms. The van der Waals surface area contributed by atoms with Gasteiger partial charge in [-0.2, -0.15) is 0 Å². The molecule has 0 bridgehead atoms. The molecule has 0 saturated carbocycles. The first kappa shape index (κ1) is 15.1. The van der Waals surface area contributed by atoms with Gasteiger partial charge in [-0.1, -0.05) is 29.3 Å². The number of halogens is 2. The minimum absolute atomic E-state index is 0.0160. The van der Waals surface area contributed by atoms with Crippen molar-refractivity contribution in [3.05, 3.63) is 64.4 Å². The molecule has 0 fully saturated rings. The van der Waals surface area contributed by atoms with Crippen molar-refractivity contribution in [1.29, 1.82) is 0 Å². The Hall–Kier alpha value is -1.32. The maximum atomic E-state index is 13.5. The van der Waals surface area contributed by atoms with E-state index in [0.717, 1.165) is 10.5 Å². The molecule has 0 aliphatic rings. The minimum Gasteiger partial charge on any atom is -0.298 e. The summed E-state index contributed by atoms with van der Waals surface area (Å²) in [5.41, 5.74) is 1.51. The largest absolute Gasteiger partial charge is 0.298 e. The SMILES string of the molecule is Cc1cccc(SCC(=O)Cc2cc(Cl)ccc2F)c1. The van der Waals surface area contributed by atoms with Gasteiger partial charge in [0, 0.05) is 16.3 Å². The van der Waals surface area contributed by atoms with E-state index < -0.39 is 0 Å². The zero-order valence-corrected chi connectivity index (χ0v) is 12.6. The van der Waals surface area contributed by atoms with E-state index in [2.05, 4.69) is 0 Å². The normalized spacial score (nSPS) is 10.6. The van der Waals surface area contributed by atoms with Crippen molar-refractivity contribution in [2.75, 3.05) is 5.75 Å². The summed E-state index contributed by atoms with van der Waals surface area (Å²) in [7, 11) is 0. The Labute approximate surface area is 127 Å². The van der Waals surface area contributed by atoms with Gasteiger partial charge in [0.1, 0.15) is 11.6 Å². The first-order valence-electron chi connectivity index (χ1n) is 6.19. The van der Waals surface area contributed by atoms with Crippen LogP contribution in [0.4, 0.5) is 4.39 Å². The summed E-state index contributed by atoms with van der Waals surface area (Å²) >= 11 is 7.27. The second-order valence-electron chi connectivity index (χ2n) is 4.56.